The van der Waals surface area contributed by atoms with Crippen LogP contribution in [0.5, 0.6) is 0 Å². The van der Waals surface area contributed by atoms with Gasteiger partial charge >= 0.3 is 0 Å². The Morgan fingerprint density at radius 2 is 2.14 bits per heavy atom. The van der Waals surface area contributed by atoms with E-state index in [1.54, 1.807) is 24.2 Å². The van der Waals surface area contributed by atoms with Crippen molar-refractivity contribution in [2.75, 3.05) is 11.9 Å². The molecular formula is C21H18N4O3. The predicted molar refractivity (Wildman–Crippen MR) is 101 cm³/mol. The zero-order valence-corrected chi connectivity index (χ0v) is 15.3. The van der Waals surface area contributed by atoms with E-state index in [1.807, 2.05) is 36.4 Å². The molecule has 2 unspecified atom stereocenters. The van der Waals surface area contributed by atoms with E-state index in [4.69, 9.17) is 4.42 Å². The van der Waals surface area contributed by atoms with Crippen molar-refractivity contribution >= 4 is 17.5 Å². The summed E-state index contributed by atoms with van der Waals surface area (Å²) < 4.78 is 5.23. The van der Waals surface area contributed by atoms with Gasteiger partial charge in [-0.1, -0.05) is 24.3 Å². The molecule has 3 aromatic rings. The van der Waals surface area contributed by atoms with Crippen LogP contribution in [-0.2, 0) is 10.2 Å². The first-order chi connectivity index (χ1) is 13.6. The average Bonchev–Trinajstić information content (AvgIpc) is 3.40. The lowest BCUT2D eigenvalue weighted by molar-refractivity contribution is -0.121. The summed E-state index contributed by atoms with van der Waals surface area (Å²) in [5.41, 5.74) is 1.93. The van der Waals surface area contributed by atoms with Crippen LogP contribution in [0.4, 0.5) is 5.69 Å². The number of nitrogens with zero attached hydrogens (tertiary/aromatic N) is 3. The van der Waals surface area contributed by atoms with Gasteiger partial charge in [-0.2, -0.15) is 0 Å². The number of aromatic nitrogens is 2. The molecule has 0 bridgehead atoms. The summed E-state index contributed by atoms with van der Waals surface area (Å²) in [6.07, 6.45) is 5.30. The van der Waals surface area contributed by atoms with Gasteiger partial charge in [-0.25, -0.2) is 4.98 Å². The molecule has 0 aliphatic carbocycles. The average molecular weight is 374 g/mol. The van der Waals surface area contributed by atoms with Crippen molar-refractivity contribution in [2.24, 2.45) is 0 Å². The molecular weight excluding hydrogens is 356 g/mol. The second-order valence-corrected chi connectivity index (χ2v) is 7.16. The van der Waals surface area contributed by atoms with E-state index >= 15 is 0 Å². The largest absolute Gasteiger partial charge is 0.448 e. The van der Waals surface area contributed by atoms with E-state index in [9.17, 15) is 9.59 Å². The van der Waals surface area contributed by atoms with Crippen LogP contribution < -0.4 is 5.32 Å². The highest BCUT2D eigenvalue weighted by Gasteiger charge is 2.59. The number of oxazole rings is 1. The normalized spacial score (nSPS) is 23.1. The van der Waals surface area contributed by atoms with E-state index in [2.05, 4.69) is 15.3 Å². The third kappa shape index (κ3) is 2.22. The summed E-state index contributed by atoms with van der Waals surface area (Å²) in [4.78, 5) is 36.6. The predicted octanol–water partition coefficient (Wildman–Crippen LogP) is 2.86. The number of hydrogen-bond acceptors (Lipinski definition) is 5. The van der Waals surface area contributed by atoms with Crippen molar-refractivity contribution in [2.45, 2.75) is 24.8 Å². The molecule has 7 nitrogen and oxygen atoms in total. The molecule has 5 rings (SSSR count). The maximum absolute atomic E-state index is 13.3. The van der Waals surface area contributed by atoms with Gasteiger partial charge in [0.05, 0.1) is 6.04 Å². The number of pyridine rings is 1. The van der Waals surface area contributed by atoms with Gasteiger partial charge in [-0.3, -0.25) is 14.6 Å². The van der Waals surface area contributed by atoms with E-state index in [0.29, 0.717) is 18.9 Å². The van der Waals surface area contributed by atoms with Gasteiger partial charge in [0.2, 0.25) is 5.91 Å². The van der Waals surface area contributed by atoms with Crippen molar-refractivity contribution < 1.29 is 14.0 Å². The minimum absolute atomic E-state index is 0.0887. The molecule has 2 amide bonds. The van der Waals surface area contributed by atoms with E-state index in [0.717, 1.165) is 16.8 Å². The zero-order chi connectivity index (χ0) is 19.3. The number of nitrogens with one attached hydrogen (secondary N) is 1. The van der Waals surface area contributed by atoms with Crippen LogP contribution in [0.1, 0.15) is 40.0 Å². The van der Waals surface area contributed by atoms with Crippen LogP contribution in [-0.4, -0.2) is 33.2 Å². The minimum atomic E-state index is -0.853. The van der Waals surface area contributed by atoms with Crippen molar-refractivity contribution in [3.8, 4) is 0 Å². The number of rotatable bonds is 2. The molecule has 2 atom stereocenters. The molecule has 0 saturated carbocycles. The number of likely N-dealkylation sites (tertiary alicyclic amines) is 1. The Labute approximate surface area is 161 Å². The van der Waals surface area contributed by atoms with Gasteiger partial charge in [-0.15, -0.1) is 0 Å². The first kappa shape index (κ1) is 16.7. The van der Waals surface area contributed by atoms with Gasteiger partial charge in [0.1, 0.15) is 11.7 Å². The number of carbonyl (C=O) groups is 2. The Bertz CT molecular complexity index is 1080. The van der Waals surface area contributed by atoms with Gasteiger partial charge in [0, 0.05) is 31.5 Å². The van der Waals surface area contributed by atoms with Crippen molar-refractivity contribution in [1.82, 2.24) is 14.9 Å². The van der Waals surface area contributed by atoms with Crippen molar-refractivity contribution in [3.63, 3.8) is 0 Å². The molecule has 2 aromatic heterocycles. The third-order valence-corrected chi connectivity index (χ3v) is 5.69. The topological polar surface area (TPSA) is 88.3 Å². The molecule has 1 saturated heterocycles. The van der Waals surface area contributed by atoms with Gasteiger partial charge < -0.3 is 14.6 Å². The molecule has 4 heterocycles. The number of fused-ring (bicyclic) bond motifs is 2. The zero-order valence-electron chi connectivity index (χ0n) is 15.3. The van der Waals surface area contributed by atoms with E-state index in [-0.39, 0.29) is 17.5 Å². The summed E-state index contributed by atoms with van der Waals surface area (Å²) in [5.74, 6) is 0.0908. The van der Waals surface area contributed by atoms with Gasteiger partial charge in [-0.05, 0) is 29.7 Å². The molecule has 1 aromatic carbocycles. The Hall–Kier alpha value is -3.48. The quantitative estimate of drug-likeness (QED) is 0.745. The number of anilines is 1. The van der Waals surface area contributed by atoms with Crippen LogP contribution in [0.25, 0.3) is 0 Å². The third-order valence-electron chi connectivity index (χ3n) is 5.69. The highest BCUT2D eigenvalue weighted by atomic mass is 16.3. The number of para-hydroxylation sites is 1. The lowest BCUT2D eigenvalue weighted by Gasteiger charge is -2.33. The van der Waals surface area contributed by atoms with E-state index < -0.39 is 11.5 Å². The van der Waals surface area contributed by atoms with Crippen LogP contribution >= 0.6 is 0 Å². The molecule has 0 radical (unpaired) electrons. The Morgan fingerprint density at radius 3 is 2.89 bits per heavy atom. The number of hydrogen-bond donors (Lipinski definition) is 1. The number of aryl methyl sites for hydroxylation is 1. The van der Waals surface area contributed by atoms with Crippen molar-refractivity contribution in [3.05, 3.63) is 77.8 Å². The van der Waals surface area contributed by atoms with Gasteiger partial charge in [0.25, 0.3) is 5.91 Å². The summed E-state index contributed by atoms with van der Waals surface area (Å²) in [6, 6.07) is 10.9. The standard InChI is InChI=1S/C21H18N4O3/c1-13-23-17(12-28-13)19(26)25-10-8-21(18(25)14-5-4-9-22-11-14)15-6-2-3-7-16(15)24-20(21)27/h2-7,9,11-12,18H,8,10H2,1H3,(H,24,27). The summed E-state index contributed by atoms with van der Waals surface area (Å²) in [6.45, 7) is 2.13. The Morgan fingerprint density at radius 1 is 1.29 bits per heavy atom. The second kappa shape index (κ2) is 6.02. The lowest BCUT2D eigenvalue weighted by Crippen LogP contribution is -2.42. The Kier molecular flexibility index (Phi) is 3.58. The van der Waals surface area contributed by atoms with Gasteiger partial charge in [0.15, 0.2) is 11.6 Å². The van der Waals surface area contributed by atoms with Crippen LogP contribution in [0.15, 0.2) is 59.5 Å². The molecule has 140 valence electrons. The molecule has 1 spiro atoms. The maximum Gasteiger partial charge on any atom is 0.276 e. The monoisotopic (exact) mass is 374 g/mol. The molecule has 2 aliphatic rings. The lowest BCUT2D eigenvalue weighted by atomic mass is 9.73. The van der Waals surface area contributed by atoms with Crippen LogP contribution in [0, 0.1) is 6.92 Å². The molecule has 1 fully saturated rings. The highest BCUT2D eigenvalue weighted by molar-refractivity contribution is 6.08. The first-order valence-corrected chi connectivity index (χ1v) is 9.15. The molecule has 2 aliphatic heterocycles. The van der Waals surface area contributed by atoms with Crippen LogP contribution in [0.3, 0.4) is 0 Å². The fourth-order valence-corrected chi connectivity index (χ4v) is 4.52. The summed E-state index contributed by atoms with van der Waals surface area (Å²) >= 11 is 0. The second-order valence-electron chi connectivity index (χ2n) is 7.16. The highest BCUT2D eigenvalue weighted by Crippen LogP contribution is 2.54. The van der Waals surface area contributed by atoms with E-state index in [1.165, 1.54) is 6.26 Å². The SMILES string of the molecule is Cc1nc(C(=O)N2CCC3(C(=O)Nc4ccccc43)C2c2cccnc2)co1. The number of carbonyl (C=O) groups excluding carboxylic acids is 2. The number of benzene rings is 1. The first-order valence-electron chi connectivity index (χ1n) is 9.15. The molecule has 28 heavy (non-hydrogen) atoms. The van der Waals surface area contributed by atoms with Crippen LogP contribution in [0.2, 0.25) is 0 Å². The minimum Gasteiger partial charge on any atom is -0.448 e. The Balaban J connectivity index is 1.67. The van der Waals surface area contributed by atoms with Crippen molar-refractivity contribution in [1.29, 1.82) is 0 Å². The smallest absolute Gasteiger partial charge is 0.276 e. The fourth-order valence-electron chi connectivity index (χ4n) is 4.52. The summed E-state index contributed by atoms with van der Waals surface area (Å²) in [5, 5.41) is 3.00. The molecule has 7 heteroatoms. The number of amides is 2. The molecule has 1 N–H and O–H groups in total. The maximum atomic E-state index is 13.3. The summed E-state index contributed by atoms with van der Waals surface area (Å²) in [7, 11) is 0. The fraction of sp³-hybridized carbons (Fsp3) is 0.238.